The van der Waals surface area contributed by atoms with Crippen LogP contribution >= 0.6 is 74.5 Å². The molecule has 2 aromatic carbocycles. The third-order valence-corrected chi connectivity index (χ3v) is 5.81. The fourth-order valence-electron chi connectivity index (χ4n) is 3.71. The maximum absolute atomic E-state index is 11.7. The second kappa shape index (κ2) is 26.3. The average molecular weight is 1190 g/mol. The zero-order valence-corrected chi connectivity index (χ0v) is 36.0. The number of nitrogens with one attached hydrogen (secondary N) is 2. The Hall–Kier alpha value is -0.630. The van der Waals surface area contributed by atoms with Gasteiger partial charge in [0, 0.05) is 64.9 Å². The molecule has 0 saturated carbocycles. The zero-order chi connectivity index (χ0) is 35.1. The van der Waals surface area contributed by atoms with E-state index < -0.39 is 36.2 Å². The predicted molar refractivity (Wildman–Crippen MR) is 208 cm³/mol. The molecule has 2 rings (SSSR count). The van der Waals surface area contributed by atoms with E-state index in [4.69, 9.17) is 9.47 Å². The van der Waals surface area contributed by atoms with Crippen molar-refractivity contribution in [3.05, 3.63) is 84.9 Å². The molecule has 0 aliphatic rings. The molecule has 0 spiro atoms. The van der Waals surface area contributed by atoms with Gasteiger partial charge >= 0.3 is 62.4 Å². The Bertz CT molecular complexity index is 1200. The number of hydrogen-bond donors (Lipinski definition) is 4. The topological polar surface area (TPSA) is 151 Å². The molecule has 4 N–H and O–H groups in total. The summed E-state index contributed by atoms with van der Waals surface area (Å²) in [5.41, 5.74) is 0.0246. The normalized spacial score (nSPS) is 10.2. The molecule has 0 heterocycles. The Morgan fingerprint density at radius 2 is 0.978 bits per heavy atom. The third kappa shape index (κ3) is 18.5. The molecular weight excluding hydrogens is 1150 g/mol. The van der Waals surface area contributed by atoms with Gasteiger partial charge in [-0.3, -0.25) is 19.2 Å². The van der Waals surface area contributed by atoms with Gasteiger partial charge in [-0.05, 0) is 22.3 Å². The molecule has 0 aliphatic carbocycles. The molecule has 0 atom stereocenters. The molecule has 0 aromatic heterocycles. The van der Waals surface area contributed by atoms with Gasteiger partial charge in [0.15, 0.2) is 0 Å². The van der Waals surface area contributed by atoms with Crippen molar-refractivity contribution in [2.75, 3.05) is 26.4 Å². The van der Waals surface area contributed by atoms with E-state index in [0.29, 0.717) is 24.4 Å². The van der Waals surface area contributed by atoms with Crippen molar-refractivity contribution < 1.29 is 52.1 Å². The number of esters is 2. The minimum absolute atomic E-state index is 0.192. The van der Waals surface area contributed by atoms with Crippen LogP contribution in [0.1, 0.15) is 38.8 Å². The number of halogens is 5. The Morgan fingerprint density at radius 1 is 0.689 bits per heavy atom. The van der Waals surface area contributed by atoms with E-state index in [-0.39, 0.29) is 25.0 Å². The molecule has 0 unspecified atom stereocenters. The van der Waals surface area contributed by atoms with Gasteiger partial charge in [0.05, 0.1) is 13.2 Å². The van der Waals surface area contributed by atoms with Gasteiger partial charge in [-0.15, -0.1) is 0 Å². The first-order valence-electron chi connectivity index (χ1n) is 12.8. The predicted octanol–water partition coefficient (Wildman–Crippen LogP) is 2.81. The quantitative estimate of drug-likeness (QED) is 0.188. The van der Waals surface area contributed by atoms with E-state index in [2.05, 4.69) is 98.3 Å². The Labute approximate surface area is 318 Å². The molecule has 10 nitrogen and oxygen atoms in total. The number of aliphatic hydroxyl groups is 2. The first-order chi connectivity index (χ1) is 21.2. The van der Waals surface area contributed by atoms with E-state index in [9.17, 15) is 29.4 Å². The standard InChI is InChI=1S/C17H21NO5.C13H17NO3.I3.I2/c1-12(16-8-6-5-7-9-16)17(18-13(2)19,10-22-14(3)20)11-23-15(4)21;1-10(12-6-4-3-5-7-12)13(8-15,9-16)14-11(2)17;1-3-2;1-2/h5-9H,1,10-11H2,2-4H3,(H,18,19);3-7,15-16H,1,8-9H2,2H3,(H,14,17);;/q;;-1;. The molecule has 0 radical (unpaired) electrons. The van der Waals surface area contributed by atoms with Crippen LogP contribution < -0.4 is 23.9 Å². The fraction of sp³-hybridized carbons (Fsp3) is 0.333. The van der Waals surface area contributed by atoms with Crippen molar-refractivity contribution in [1.82, 2.24) is 10.6 Å². The summed E-state index contributed by atoms with van der Waals surface area (Å²) in [6.45, 7) is 11.9. The summed E-state index contributed by atoms with van der Waals surface area (Å²) < 4.78 is 10.2. The van der Waals surface area contributed by atoms with Crippen LogP contribution in [0.15, 0.2) is 73.8 Å². The maximum atomic E-state index is 11.7. The van der Waals surface area contributed by atoms with E-state index in [0.717, 1.165) is 11.1 Å². The number of amides is 2. The van der Waals surface area contributed by atoms with Crippen LogP contribution in [0.2, 0.25) is 0 Å². The van der Waals surface area contributed by atoms with E-state index in [1.807, 2.05) is 48.5 Å². The van der Waals surface area contributed by atoms with Gasteiger partial charge in [-0.25, -0.2) is 0 Å². The van der Waals surface area contributed by atoms with Crippen LogP contribution in [-0.2, 0) is 28.7 Å². The van der Waals surface area contributed by atoms with Crippen molar-refractivity contribution in [3.8, 4) is 0 Å². The Balaban J connectivity index is 0. The van der Waals surface area contributed by atoms with Crippen LogP contribution in [-0.4, -0.2) is 71.5 Å². The van der Waals surface area contributed by atoms with Crippen molar-refractivity contribution in [1.29, 1.82) is 0 Å². The SMILES string of the molecule is C=C(c1ccccc1)C(CO)(CO)NC(C)=O.C=C(c1ccccc1)C(COC(C)=O)(COC(C)=O)NC(C)=O.II.I[I-]I. The summed E-state index contributed by atoms with van der Waals surface area (Å²) in [6, 6.07) is 18.2. The number of carbonyl (C=O) groups is 4. The van der Waals surface area contributed by atoms with Gasteiger partial charge in [0.2, 0.25) is 11.8 Å². The van der Waals surface area contributed by atoms with Gasteiger partial charge in [0.1, 0.15) is 24.3 Å². The molecule has 45 heavy (non-hydrogen) atoms. The molecule has 0 fully saturated rings. The first kappa shape index (κ1) is 46.5. The number of carbonyl (C=O) groups excluding carboxylic acids is 4. The van der Waals surface area contributed by atoms with Crippen molar-refractivity contribution in [2.45, 2.75) is 38.8 Å². The molecule has 252 valence electrons. The second-order valence-electron chi connectivity index (χ2n) is 9.15. The van der Waals surface area contributed by atoms with Crippen LogP contribution in [0.4, 0.5) is 0 Å². The fourth-order valence-corrected chi connectivity index (χ4v) is 3.71. The number of benzene rings is 2. The number of ether oxygens (including phenoxy) is 2. The average Bonchev–Trinajstić information content (AvgIpc) is 3.02. The van der Waals surface area contributed by atoms with Gasteiger partial charge < -0.3 is 30.3 Å². The summed E-state index contributed by atoms with van der Waals surface area (Å²) in [6.07, 6.45) is 0. The molecule has 0 saturated heterocycles. The molecule has 15 heteroatoms. The Kier molecular flexibility index (Phi) is 27.2. The van der Waals surface area contributed by atoms with Gasteiger partial charge in [0.25, 0.3) is 0 Å². The van der Waals surface area contributed by atoms with Gasteiger partial charge in [-0.2, -0.15) is 0 Å². The van der Waals surface area contributed by atoms with Crippen LogP contribution in [0.25, 0.3) is 11.1 Å². The zero-order valence-electron chi connectivity index (χ0n) is 25.2. The summed E-state index contributed by atoms with van der Waals surface area (Å²) >= 11 is 9.54. The number of aliphatic hydroxyl groups excluding tert-OH is 2. The minimum atomic E-state index is -1.23. The van der Waals surface area contributed by atoms with Gasteiger partial charge in [-0.1, -0.05) is 73.8 Å². The van der Waals surface area contributed by atoms with Crippen LogP contribution in [0.5, 0.6) is 0 Å². The van der Waals surface area contributed by atoms with Crippen molar-refractivity contribution in [3.63, 3.8) is 0 Å². The molecule has 0 aliphatic heterocycles. The summed E-state index contributed by atoms with van der Waals surface area (Å²) in [5.74, 6) is -1.71. The molecule has 0 bridgehead atoms. The monoisotopic (exact) mass is 1190 g/mol. The molecule has 2 aromatic rings. The first-order valence-corrected chi connectivity index (χ1v) is 31.7. The van der Waals surface area contributed by atoms with E-state index in [1.165, 1.54) is 27.7 Å². The molecular formula is C30H38I5N2O8-. The Morgan fingerprint density at radius 3 is 1.24 bits per heavy atom. The van der Waals surface area contributed by atoms with Crippen molar-refractivity contribution >= 4 is 109 Å². The number of rotatable bonds is 12. The third-order valence-electron chi connectivity index (χ3n) is 5.81. The van der Waals surface area contributed by atoms with E-state index in [1.54, 1.807) is 12.1 Å². The van der Waals surface area contributed by atoms with E-state index >= 15 is 0 Å². The number of hydrogen-bond acceptors (Lipinski definition) is 8. The van der Waals surface area contributed by atoms with Crippen LogP contribution in [0, 0.1) is 0 Å². The molecule has 2 amide bonds. The summed E-state index contributed by atoms with van der Waals surface area (Å²) in [4.78, 5) is 45.2. The van der Waals surface area contributed by atoms with Crippen molar-refractivity contribution in [2.24, 2.45) is 0 Å². The summed E-state index contributed by atoms with van der Waals surface area (Å²) in [7, 11) is 0. The van der Waals surface area contributed by atoms with Crippen LogP contribution in [0.3, 0.4) is 0 Å². The second-order valence-corrected chi connectivity index (χ2v) is 25.4. The summed E-state index contributed by atoms with van der Waals surface area (Å²) in [5, 5.41) is 24.1.